The maximum Gasteiger partial charge on any atom is 0.262 e. The first kappa shape index (κ1) is 20.4. The van der Waals surface area contributed by atoms with Gasteiger partial charge in [0.15, 0.2) is 5.16 Å². The number of carbonyl (C=O) groups excluding carboxylic acids is 1. The minimum atomic E-state index is -0.107. The molecule has 0 aliphatic heterocycles. The Kier molecular flexibility index (Phi) is 7.12. The van der Waals surface area contributed by atoms with Crippen molar-refractivity contribution >= 4 is 40.2 Å². The smallest absolute Gasteiger partial charge is 0.262 e. The van der Waals surface area contributed by atoms with Gasteiger partial charge >= 0.3 is 0 Å². The molecule has 0 aliphatic rings. The Balaban J connectivity index is 1.70. The highest BCUT2D eigenvalue weighted by Crippen LogP contribution is 2.18. The Bertz CT molecular complexity index is 1020. The second-order valence-electron chi connectivity index (χ2n) is 6.41. The van der Waals surface area contributed by atoms with Crippen LogP contribution in [0.15, 0.2) is 58.5 Å². The number of hydrogen-bond acceptors (Lipinski definition) is 4. The minimum absolute atomic E-state index is 0.0527. The molecular formula is C21H22ClN3O2S. The number of amides is 1. The molecule has 7 heteroatoms. The molecule has 0 unspecified atom stereocenters. The fourth-order valence-corrected chi connectivity index (χ4v) is 3.74. The van der Waals surface area contributed by atoms with Gasteiger partial charge in [0.2, 0.25) is 5.91 Å². The SMILES string of the molecule is CCCCn1c(SCC(=O)NCc2ccc(Cl)cc2)nc2ccccc2c1=O. The van der Waals surface area contributed by atoms with Crippen LogP contribution >= 0.6 is 23.4 Å². The van der Waals surface area contributed by atoms with E-state index in [1.807, 2.05) is 30.3 Å². The predicted molar refractivity (Wildman–Crippen MR) is 115 cm³/mol. The van der Waals surface area contributed by atoms with Gasteiger partial charge in [0.05, 0.1) is 16.7 Å². The molecule has 0 fully saturated rings. The first-order valence-electron chi connectivity index (χ1n) is 9.22. The van der Waals surface area contributed by atoms with Crippen LogP contribution in [-0.2, 0) is 17.9 Å². The van der Waals surface area contributed by atoms with Gasteiger partial charge in [-0.15, -0.1) is 0 Å². The van der Waals surface area contributed by atoms with Crippen LogP contribution in [0, 0.1) is 0 Å². The van der Waals surface area contributed by atoms with Gasteiger partial charge in [-0.1, -0.05) is 61.0 Å². The lowest BCUT2D eigenvalue weighted by atomic mass is 10.2. The van der Waals surface area contributed by atoms with Gasteiger partial charge in [0, 0.05) is 18.1 Å². The van der Waals surface area contributed by atoms with E-state index in [-0.39, 0.29) is 17.2 Å². The number of unbranched alkanes of at least 4 members (excludes halogenated alkanes) is 1. The summed E-state index contributed by atoms with van der Waals surface area (Å²) in [5.41, 5.74) is 1.58. The van der Waals surface area contributed by atoms with Crippen LogP contribution in [0.5, 0.6) is 0 Å². The number of aromatic nitrogens is 2. The number of halogens is 1. The molecule has 5 nitrogen and oxygen atoms in total. The Morgan fingerprint density at radius 2 is 1.93 bits per heavy atom. The first-order valence-corrected chi connectivity index (χ1v) is 10.6. The molecule has 1 aromatic heterocycles. The minimum Gasteiger partial charge on any atom is -0.351 e. The topological polar surface area (TPSA) is 64.0 Å². The van der Waals surface area contributed by atoms with E-state index in [0.29, 0.717) is 34.2 Å². The Morgan fingerprint density at radius 3 is 2.68 bits per heavy atom. The molecule has 0 saturated heterocycles. The molecule has 0 saturated carbocycles. The number of thioether (sulfide) groups is 1. The largest absolute Gasteiger partial charge is 0.351 e. The maximum absolute atomic E-state index is 12.8. The third-order valence-electron chi connectivity index (χ3n) is 4.30. The Labute approximate surface area is 173 Å². The number of nitrogens with one attached hydrogen (secondary N) is 1. The summed E-state index contributed by atoms with van der Waals surface area (Å²) < 4.78 is 1.68. The van der Waals surface area contributed by atoms with E-state index in [4.69, 9.17) is 11.6 Å². The van der Waals surface area contributed by atoms with Crippen molar-refractivity contribution in [1.82, 2.24) is 14.9 Å². The Hall–Kier alpha value is -2.31. The van der Waals surface area contributed by atoms with Crippen molar-refractivity contribution < 1.29 is 4.79 Å². The quantitative estimate of drug-likeness (QED) is 0.441. The standard InChI is InChI=1S/C21H22ClN3O2S/c1-2-3-12-25-20(27)17-6-4-5-7-18(17)24-21(25)28-14-19(26)23-13-15-8-10-16(22)11-9-15/h4-11H,2-3,12-14H2,1H3,(H,23,26). The number of hydrogen-bond donors (Lipinski definition) is 1. The average molecular weight is 416 g/mol. The van der Waals surface area contributed by atoms with Crippen LogP contribution in [0.25, 0.3) is 10.9 Å². The summed E-state index contributed by atoms with van der Waals surface area (Å²) in [5.74, 6) is 0.0919. The van der Waals surface area contributed by atoms with E-state index in [0.717, 1.165) is 18.4 Å². The third-order valence-corrected chi connectivity index (χ3v) is 5.53. The van der Waals surface area contributed by atoms with Crippen molar-refractivity contribution in [2.24, 2.45) is 0 Å². The van der Waals surface area contributed by atoms with Crippen LogP contribution < -0.4 is 10.9 Å². The summed E-state index contributed by atoms with van der Waals surface area (Å²) in [6, 6.07) is 14.7. The van der Waals surface area contributed by atoms with Gasteiger partial charge in [0.1, 0.15) is 0 Å². The highest BCUT2D eigenvalue weighted by atomic mass is 35.5. The predicted octanol–water partition coefficient (Wildman–Crippen LogP) is 4.26. The molecule has 0 spiro atoms. The Morgan fingerprint density at radius 1 is 1.18 bits per heavy atom. The van der Waals surface area contributed by atoms with Crippen molar-refractivity contribution in [3.05, 3.63) is 69.5 Å². The van der Waals surface area contributed by atoms with Crippen LogP contribution in [0.3, 0.4) is 0 Å². The number of rotatable bonds is 8. The summed E-state index contributed by atoms with van der Waals surface area (Å²) >= 11 is 7.16. The van der Waals surface area contributed by atoms with Gasteiger partial charge in [-0.05, 0) is 36.2 Å². The maximum atomic E-state index is 12.8. The second-order valence-corrected chi connectivity index (χ2v) is 7.79. The molecule has 3 rings (SSSR count). The molecule has 1 amide bonds. The highest BCUT2D eigenvalue weighted by molar-refractivity contribution is 7.99. The average Bonchev–Trinajstić information content (AvgIpc) is 2.71. The van der Waals surface area contributed by atoms with Crippen molar-refractivity contribution in [2.75, 3.05) is 5.75 Å². The molecule has 0 atom stereocenters. The lowest BCUT2D eigenvalue weighted by Gasteiger charge is -2.12. The summed E-state index contributed by atoms with van der Waals surface area (Å²) in [6.07, 6.45) is 1.86. The van der Waals surface area contributed by atoms with E-state index in [1.165, 1.54) is 11.8 Å². The van der Waals surface area contributed by atoms with Crippen LogP contribution in [0.4, 0.5) is 0 Å². The van der Waals surface area contributed by atoms with Crippen LogP contribution in [0.2, 0.25) is 5.02 Å². The van der Waals surface area contributed by atoms with E-state index in [2.05, 4.69) is 17.2 Å². The molecule has 2 aromatic carbocycles. The van der Waals surface area contributed by atoms with E-state index >= 15 is 0 Å². The molecule has 28 heavy (non-hydrogen) atoms. The van der Waals surface area contributed by atoms with E-state index in [9.17, 15) is 9.59 Å². The van der Waals surface area contributed by atoms with E-state index in [1.54, 1.807) is 22.8 Å². The van der Waals surface area contributed by atoms with Gasteiger partial charge in [0.25, 0.3) is 5.56 Å². The normalized spacial score (nSPS) is 10.9. The number of carbonyl (C=O) groups is 1. The highest BCUT2D eigenvalue weighted by Gasteiger charge is 2.13. The zero-order valence-corrected chi connectivity index (χ0v) is 17.2. The molecule has 0 aliphatic carbocycles. The molecule has 1 heterocycles. The van der Waals surface area contributed by atoms with Gasteiger partial charge < -0.3 is 5.32 Å². The van der Waals surface area contributed by atoms with Crippen molar-refractivity contribution in [3.8, 4) is 0 Å². The molecule has 0 bridgehead atoms. The number of benzene rings is 2. The van der Waals surface area contributed by atoms with Crippen LogP contribution in [-0.4, -0.2) is 21.2 Å². The van der Waals surface area contributed by atoms with Crippen molar-refractivity contribution in [1.29, 1.82) is 0 Å². The molecule has 3 aromatic rings. The molecule has 1 N–H and O–H groups in total. The lowest BCUT2D eigenvalue weighted by molar-refractivity contribution is -0.118. The van der Waals surface area contributed by atoms with Crippen molar-refractivity contribution in [3.63, 3.8) is 0 Å². The zero-order chi connectivity index (χ0) is 19.9. The van der Waals surface area contributed by atoms with Gasteiger partial charge in [-0.25, -0.2) is 4.98 Å². The number of nitrogens with zero attached hydrogens (tertiary/aromatic N) is 2. The summed E-state index contributed by atoms with van der Waals surface area (Å²) in [4.78, 5) is 29.7. The molecule has 0 radical (unpaired) electrons. The zero-order valence-electron chi connectivity index (χ0n) is 15.7. The fourth-order valence-electron chi connectivity index (χ4n) is 2.76. The third kappa shape index (κ3) is 5.14. The second kappa shape index (κ2) is 9.75. The van der Waals surface area contributed by atoms with Crippen LogP contribution in [0.1, 0.15) is 25.3 Å². The summed E-state index contributed by atoms with van der Waals surface area (Å²) in [6.45, 7) is 3.11. The van der Waals surface area contributed by atoms with E-state index < -0.39 is 0 Å². The number of fused-ring (bicyclic) bond motifs is 1. The summed E-state index contributed by atoms with van der Waals surface area (Å²) in [7, 11) is 0. The number of para-hydroxylation sites is 1. The molecular weight excluding hydrogens is 394 g/mol. The fraction of sp³-hybridized carbons (Fsp3) is 0.286. The monoisotopic (exact) mass is 415 g/mol. The molecule has 146 valence electrons. The summed E-state index contributed by atoms with van der Waals surface area (Å²) in [5, 5.41) is 4.74. The first-order chi connectivity index (χ1) is 13.6. The lowest BCUT2D eigenvalue weighted by Crippen LogP contribution is -2.27. The van der Waals surface area contributed by atoms with Gasteiger partial charge in [-0.2, -0.15) is 0 Å². The van der Waals surface area contributed by atoms with Crippen molar-refractivity contribution in [2.45, 2.75) is 38.0 Å². The van der Waals surface area contributed by atoms with Gasteiger partial charge in [-0.3, -0.25) is 14.2 Å².